The van der Waals surface area contributed by atoms with E-state index < -0.39 is 11.0 Å². The average molecular weight is 343 g/mol. The van der Waals surface area contributed by atoms with Crippen molar-refractivity contribution < 1.29 is 14.1 Å². The summed E-state index contributed by atoms with van der Waals surface area (Å²) in [7, 11) is 0. The number of hydrogen-bond acceptors (Lipinski definition) is 6. The van der Waals surface area contributed by atoms with E-state index in [1.54, 1.807) is 18.2 Å². The molecule has 1 unspecified atom stereocenters. The molecule has 0 amide bonds. The quantitative estimate of drug-likeness (QED) is 0.524. The van der Waals surface area contributed by atoms with Crippen LogP contribution in [0, 0.1) is 15.9 Å². The first-order valence-corrected chi connectivity index (χ1v) is 7.32. The zero-order valence-electron chi connectivity index (χ0n) is 12.9. The molecule has 1 aromatic heterocycles. The number of H-pyrrole nitrogens is 1. The van der Waals surface area contributed by atoms with E-state index in [1.807, 2.05) is 0 Å². The predicted molar refractivity (Wildman–Crippen MR) is 86.2 cm³/mol. The number of nitrogens with one attached hydrogen (secondary N) is 1. The second-order valence-corrected chi connectivity index (χ2v) is 5.21. The van der Waals surface area contributed by atoms with Gasteiger partial charge in [0.05, 0.1) is 17.0 Å². The highest BCUT2D eigenvalue weighted by Crippen LogP contribution is 2.20. The number of aromatic amines is 1. The summed E-state index contributed by atoms with van der Waals surface area (Å²) in [6.45, 7) is 0.0459. The van der Waals surface area contributed by atoms with Crippen LogP contribution in [0.1, 0.15) is 23.3 Å². The van der Waals surface area contributed by atoms with E-state index in [0.29, 0.717) is 23.0 Å². The lowest BCUT2D eigenvalue weighted by Crippen LogP contribution is -2.13. The number of nitrogens with two attached hydrogens (primary N) is 1. The Morgan fingerprint density at radius 2 is 2.04 bits per heavy atom. The lowest BCUT2D eigenvalue weighted by atomic mass is 10.1. The number of nitro groups is 1. The van der Waals surface area contributed by atoms with Crippen LogP contribution in [-0.4, -0.2) is 20.1 Å². The summed E-state index contributed by atoms with van der Waals surface area (Å²) in [5.74, 6) is 0.746. The lowest BCUT2D eigenvalue weighted by molar-refractivity contribution is -0.384. The van der Waals surface area contributed by atoms with Gasteiger partial charge in [0.25, 0.3) is 5.69 Å². The third-order valence-corrected chi connectivity index (χ3v) is 3.46. The Morgan fingerprint density at radius 1 is 1.28 bits per heavy atom. The summed E-state index contributed by atoms with van der Waals surface area (Å²) in [5, 5.41) is 17.5. The maximum absolute atomic E-state index is 13.0. The first kappa shape index (κ1) is 16.5. The van der Waals surface area contributed by atoms with Crippen molar-refractivity contribution in [1.29, 1.82) is 0 Å². The molecular weight excluding hydrogens is 329 g/mol. The Hall–Kier alpha value is -3.33. The molecule has 2 aromatic carbocycles. The maximum atomic E-state index is 13.0. The third-order valence-electron chi connectivity index (χ3n) is 3.46. The van der Waals surface area contributed by atoms with Crippen LogP contribution in [0.15, 0.2) is 48.5 Å². The molecule has 0 aliphatic heterocycles. The average Bonchev–Trinajstić information content (AvgIpc) is 3.09. The minimum Gasteiger partial charge on any atom is -0.485 e. The first-order valence-electron chi connectivity index (χ1n) is 7.32. The number of ether oxygens (including phenoxy) is 1. The molecule has 0 aliphatic carbocycles. The smallest absolute Gasteiger partial charge is 0.273 e. The minimum atomic E-state index is -0.608. The van der Waals surface area contributed by atoms with Crippen LogP contribution in [0.3, 0.4) is 0 Å². The van der Waals surface area contributed by atoms with Crippen LogP contribution < -0.4 is 10.5 Å². The number of halogens is 1. The molecule has 0 saturated carbocycles. The Bertz CT molecular complexity index is 881. The van der Waals surface area contributed by atoms with Gasteiger partial charge in [0.1, 0.15) is 18.2 Å². The van der Waals surface area contributed by atoms with E-state index in [4.69, 9.17) is 10.5 Å². The summed E-state index contributed by atoms with van der Waals surface area (Å²) >= 11 is 0. The van der Waals surface area contributed by atoms with Crippen molar-refractivity contribution in [2.24, 2.45) is 5.73 Å². The van der Waals surface area contributed by atoms with Gasteiger partial charge in [-0.2, -0.15) is 5.10 Å². The van der Waals surface area contributed by atoms with Gasteiger partial charge in [-0.1, -0.05) is 18.2 Å². The van der Waals surface area contributed by atoms with Gasteiger partial charge in [-0.15, -0.1) is 0 Å². The fourth-order valence-electron chi connectivity index (χ4n) is 2.17. The summed E-state index contributed by atoms with van der Waals surface area (Å²) in [6.07, 6.45) is 0. The number of benzene rings is 2. The molecule has 0 saturated heterocycles. The van der Waals surface area contributed by atoms with Crippen LogP contribution in [0.25, 0.3) is 0 Å². The summed E-state index contributed by atoms with van der Waals surface area (Å²) in [6, 6.07) is 11.0. The highest BCUT2D eigenvalue weighted by Gasteiger charge is 2.15. The van der Waals surface area contributed by atoms with E-state index in [9.17, 15) is 14.5 Å². The Kier molecular flexibility index (Phi) is 4.66. The zero-order chi connectivity index (χ0) is 17.8. The molecule has 1 heterocycles. The number of aromatic nitrogens is 3. The monoisotopic (exact) mass is 343 g/mol. The second-order valence-electron chi connectivity index (χ2n) is 5.21. The second kappa shape index (κ2) is 7.05. The largest absolute Gasteiger partial charge is 0.485 e. The maximum Gasteiger partial charge on any atom is 0.273 e. The van der Waals surface area contributed by atoms with Crippen LogP contribution in [0.2, 0.25) is 0 Å². The molecule has 9 heteroatoms. The first-order chi connectivity index (χ1) is 12.0. The predicted octanol–water partition coefficient (Wildman–Crippen LogP) is 2.48. The van der Waals surface area contributed by atoms with Crippen molar-refractivity contribution in [3.05, 3.63) is 81.7 Å². The molecular formula is C16H14FN5O3. The van der Waals surface area contributed by atoms with Gasteiger partial charge in [-0.3, -0.25) is 15.2 Å². The van der Waals surface area contributed by atoms with E-state index >= 15 is 0 Å². The number of rotatable bonds is 6. The summed E-state index contributed by atoms with van der Waals surface area (Å²) < 4.78 is 18.4. The van der Waals surface area contributed by atoms with Crippen molar-refractivity contribution in [2.45, 2.75) is 12.6 Å². The molecule has 1 atom stereocenters. The van der Waals surface area contributed by atoms with Crippen molar-refractivity contribution in [2.75, 3.05) is 0 Å². The van der Waals surface area contributed by atoms with Gasteiger partial charge in [0.2, 0.25) is 0 Å². The summed E-state index contributed by atoms with van der Waals surface area (Å²) in [4.78, 5) is 14.5. The van der Waals surface area contributed by atoms with Crippen LogP contribution in [-0.2, 0) is 6.61 Å². The van der Waals surface area contributed by atoms with Crippen LogP contribution >= 0.6 is 0 Å². The molecule has 0 aliphatic rings. The Labute approximate surface area is 141 Å². The van der Waals surface area contributed by atoms with E-state index in [0.717, 1.165) is 0 Å². The molecule has 0 fully saturated rings. The van der Waals surface area contributed by atoms with Crippen molar-refractivity contribution in [1.82, 2.24) is 15.2 Å². The van der Waals surface area contributed by atoms with Gasteiger partial charge in [0, 0.05) is 6.07 Å². The topological polar surface area (TPSA) is 120 Å². The Morgan fingerprint density at radius 3 is 2.76 bits per heavy atom. The minimum absolute atomic E-state index is 0.0459. The van der Waals surface area contributed by atoms with E-state index in [2.05, 4.69) is 15.2 Å². The number of nitrogens with zero attached hydrogens (tertiary/aromatic N) is 3. The van der Waals surface area contributed by atoms with E-state index in [-0.39, 0.29) is 18.1 Å². The van der Waals surface area contributed by atoms with Gasteiger partial charge >= 0.3 is 0 Å². The van der Waals surface area contributed by atoms with Crippen molar-refractivity contribution in [3.63, 3.8) is 0 Å². The van der Waals surface area contributed by atoms with Gasteiger partial charge < -0.3 is 10.5 Å². The number of hydrogen-bond donors (Lipinski definition) is 2. The number of nitro benzene ring substituents is 1. The molecule has 25 heavy (non-hydrogen) atoms. The summed E-state index contributed by atoms with van der Waals surface area (Å²) in [5.41, 5.74) is 6.67. The highest BCUT2D eigenvalue weighted by molar-refractivity contribution is 5.38. The zero-order valence-corrected chi connectivity index (χ0v) is 12.9. The molecule has 8 nitrogen and oxygen atoms in total. The fourth-order valence-corrected chi connectivity index (χ4v) is 2.17. The molecule has 3 N–H and O–H groups in total. The van der Waals surface area contributed by atoms with Gasteiger partial charge in [0.15, 0.2) is 11.6 Å². The molecule has 3 aromatic rings. The molecule has 3 rings (SSSR count). The van der Waals surface area contributed by atoms with Crippen LogP contribution in [0.4, 0.5) is 10.1 Å². The van der Waals surface area contributed by atoms with Crippen molar-refractivity contribution in [3.8, 4) is 5.75 Å². The molecule has 0 radical (unpaired) electrons. The standard InChI is InChI=1S/C16H14FN5O3/c17-11-6-4-10(5-7-11)15(18)16-19-14(20-21-16)9-25-13-3-1-2-12(8-13)22(23)24/h1-8,15H,9,18H2,(H,19,20,21). The molecule has 0 bridgehead atoms. The molecule has 128 valence electrons. The lowest BCUT2D eigenvalue weighted by Gasteiger charge is -2.07. The van der Waals surface area contributed by atoms with E-state index in [1.165, 1.54) is 30.3 Å². The fraction of sp³-hybridized carbons (Fsp3) is 0.125. The third kappa shape index (κ3) is 3.96. The normalized spacial score (nSPS) is 11.9. The SMILES string of the molecule is NC(c1ccc(F)cc1)c1n[nH]c(COc2cccc([N+](=O)[O-])c2)n1. The highest BCUT2D eigenvalue weighted by atomic mass is 19.1. The Balaban J connectivity index is 1.66. The van der Waals surface area contributed by atoms with Gasteiger partial charge in [-0.25, -0.2) is 9.37 Å². The molecule has 0 spiro atoms. The number of non-ortho nitro benzene ring substituents is 1. The van der Waals surface area contributed by atoms with Gasteiger partial charge in [-0.05, 0) is 23.8 Å². The van der Waals surface area contributed by atoms with Crippen LogP contribution in [0.5, 0.6) is 5.75 Å². The van der Waals surface area contributed by atoms with Crippen molar-refractivity contribution >= 4 is 5.69 Å².